The third-order valence-corrected chi connectivity index (χ3v) is 2.86. The van der Waals surface area contributed by atoms with Crippen molar-refractivity contribution in [3.05, 3.63) is 22.5 Å². The Balaban J connectivity index is 3.59. The second-order valence-electron chi connectivity index (χ2n) is 4.13. The summed E-state index contributed by atoms with van der Waals surface area (Å²) in [7, 11) is 0. The van der Waals surface area contributed by atoms with E-state index in [1.807, 2.05) is 19.1 Å². The molecule has 1 aromatic rings. The predicted octanol–water partition coefficient (Wildman–Crippen LogP) is 1.88. The number of aryl methyl sites for hydroxylation is 1. The third-order valence-electron chi connectivity index (χ3n) is 2.86. The second kappa shape index (κ2) is 6.74. The fourth-order valence-corrected chi connectivity index (χ4v) is 1.80. The van der Waals surface area contributed by atoms with E-state index >= 15 is 0 Å². The summed E-state index contributed by atoms with van der Waals surface area (Å²) < 4.78 is 0. The number of aromatic nitrogens is 1. The minimum absolute atomic E-state index is 0.00148. The molecule has 98 valence electrons. The van der Waals surface area contributed by atoms with Gasteiger partial charge in [0.1, 0.15) is 17.7 Å². The number of anilines is 1. The van der Waals surface area contributed by atoms with Crippen LogP contribution in [-0.2, 0) is 6.42 Å². The first-order chi connectivity index (χ1) is 9.64. The highest BCUT2D eigenvalue weighted by Crippen LogP contribution is 2.27. The van der Waals surface area contributed by atoms with Crippen molar-refractivity contribution in [1.29, 1.82) is 21.0 Å². The van der Waals surface area contributed by atoms with E-state index in [1.54, 1.807) is 12.1 Å². The third kappa shape index (κ3) is 2.66. The van der Waals surface area contributed by atoms with E-state index in [2.05, 4.69) is 4.98 Å². The maximum absolute atomic E-state index is 9.15. The van der Waals surface area contributed by atoms with E-state index in [4.69, 9.17) is 26.8 Å². The van der Waals surface area contributed by atoms with E-state index in [0.717, 1.165) is 12.8 Å². The largest absolute Gasteiger partial charge is 0.396 e. The monoisotopic (exact) mass is 264 g/mol. The van der Waals surface area contributed by atoms with Crippen LogP contribution in [0.1, 0.15) is 48.2 Å². The van der Waals surface area contributed by atoms with Crippen molar-refractivity contribution < 1.29 is 0 Å². The average Bonchev–Trinajstić information content (AvgIpc) is 2.46. The molecule has 6 heteroatoms. The summed E-state index contributed by atoms with van der Waals surface area (Å²) in [5.41, 5.74) is 6.41. The summed E-state index contributed by atoms with van der Waals surface area (Å²) >= 11 is 0. The molecule has 0 saturated heterocycles. The summed E-state index contributed by atoms with van der Waals surface area (Å²) in [5.74, 6) is -1.17. The Morgan fingerprint density at radius 3 is 2.15 bits per heavy atom. The van der Waals surface area contributed by atoms with Crippen LogP contribution in [0.15, 0.2) is 0 Å². The standard InChI is InChI=1S/C14H12N6/c1-2-3-4-12-10(7-17)13(19)11(8-18)14(20-12)9(5-15)6-16/h9H,2-4H2,1H3,(H2,19,20). The quantitative estimate of drug-likeness (QED) is 0.882. The Kier molecular flexibility index (Phi) is 5.04. The maximum atomic E-state index is 9.15. The number of nitrogens with zero attached hydrogens (tertiary/aromatic N) is 5. The molecule has 0 aliphatic rings. The normalized spacial score (nSPS) is 9.30. The molecule has 0 aromatic carbocycles. The Morgan fingerprint density at radius 1 is 1.10 bits per heavy atom. The van der Waals surface area contributed by atoms with Crippen LogP contribution in [0.2, 0.25) is 0 Å². The highest BCUT2D eigenvalue weighted by Gasteiger charge is 2.23. The molecule has 2 N–H and O–H groups in total. The van der Waals surface area contributed by atoms with Crippen molar-refractivity contribution in [1.82, 2.24) is 4.98 Å². The first-order valence-corrected chi connectivity index (χ1v) is 6.06. The molecule has 0 aliphatic carbocycles. The fourth-order valence-electron chi connectivity index (χ4n) is 1.80. The lowest BCUT2D eigenvalue weighted by Gasteiger charge is -2.12. The van der Waals surface area contributed by atoms with Gasteiger partial charge in [-0.05, 0) is 12.8 Å². The zero-order valence-electron chi connectivity index (χ0n) is 11.0. The van der Waals surface area contributed by atoms with Gasteiger partial charge in [0.2, 0.25) is 0 Å². The van der Waals surface area contributed by atoms with Crippen molar-refractivity contribution in [3.63, 3.8) is 0 Å². The van der Waals surface area contributed by atoms with Crippen molar-refractivity contribution in [3.8, 4) is 24.3 Å². The van der Waals surface area contributed by atoms with Crippen LogP contribution in [-0.4, -0.2) is 4.98 Å². The topological polar surface area (TPSA) is 134 Å². The van der Waals surface area contributed by atoms with E-state index in [1.165, 1.54) is 0 Å². The van der Waals surface area contributed by atoms with Gasteiger partial charge in [0.25, 0.3) is 0 Å². The summed E-state index contributed by atoms with van der Waals surface area (Å²) in [5, 5.41) is 36.2. The molecule has 0 bridgehead atoms. The first kappa shape index (κ1) is 15.0. The lowest BCUT2D eigenvalue weighted by atomic mass is 9.97. The maximum Gasteiger partial charge on any atom is 0.176 e. The molecule has 1 heterocycles. The number of nitrogens with two attached hydrogens (primary N) is 1. The molecular formula is C14H12N6. The minimum Gasteiger partial charge on any atom is -0.396 e. The van der Waals surface area contributed by atoms with E-state index in [-0.39, 0.29) is 22.5 Å². The Bertz CT molecular complexity index is 664. The van der Waals surface area contributed by atoms with Gasteiger partial charge >= 0.3 is 0 Å². The van der Waals surface area contributed by atoms with E-state index in [9.17, 15) is 0 Å². The van der Waals surface area contributed by atoms with E-state index in [0.29, 0.717) is 12.1 Å². The molecule has 0 spiro atoms. The van der Waals surface area contributed by atoms with Gasteiger partial charge in [-0.3, -0.25) is 4.98 Å². The molecule has 20 heavy (non-hydrogen) atoms. The van der Waals surface area contributed by atoms with Gasteiger partial charge in [-0.15, -0.1) is 0 Å². The molecule has 0 radical (unpaired) electrons. The SMILES string of the molecule is CCCCc1nc(C(C#N)C#N)c(C#N)c(N)c1C#N. The molecule has 6 nitrogen and oxygen atoms in total. The van der Waals surface area contributed by atoms with Crippen LogP contribution < -0.4 is 5.73 Å². The molecule has 0 atom stereocenters. The van der Waals surface area contributed by atoms with Crippen molar-refractivity contribution in [2.24, 2.45) is 0 Å². The second-order valence-corrected chi connectivity index (χ2v) is 4.13. The number of nitrogen functional groups attached to an aromatic ring is 1. The summed E-state index contributed by atoms with van der Waals surface area (Å²) in [6, 6.07) is 7.33. The fraction of sp³-hybridized carbons (Fsp3) is 0.357. The zero-order chi connectivity index (χ0) is 15.1. The molecule has 1 aromatic heterocycles. The molecule has 0 saturated carbocycles. The van der Waals surface area contributed by atoms with Gasteiger partial charge in [0, 0.05) is 0 Å². The van der Waals surface area contributed by atoms with E-state index < -0.39 is 5.92 Å². The first-order valence-electron chi connectivity index (χ1n) is 6.06. The van der Waals surface area contributed by atoms with Crippen molar-refractivity contribution in [2.75, 3.05) is 5.73 Å². The van der Waals surface area contributed by atoms with Gasteiger partial charge in [-0.25, -0.2) is 0 Å². The average molecular weight is 264 g/mol. The van der Waals surface area contributed by atoms with Gasteiger partial charge in [-0.2, -0.15) is 21.0 Å². The molecule has 1 rings (SSSR count). The molecule has 0 unspecified atom stereocenters. The highest BCUT2D eigenvalue weighted by molar-refractivity contribution is 5.68. The lowest BCUT2D eigenvalue weighted by molar-refractivity contribution is 0.767. The van der Waals surface area contributed by atoms with Crippen LogP contribution in [0.5, 0.6) is 0 Å². The molecule has 0 amide bonds. The molecule has 0 aliphatic heterocycles. The number of nitriles is 4. The zero-order valence-corrected chi connectivity index (χ0v) is 11.0. The Labute approximate surface area is 117 Å². The van der Waals surface area contributed by atoms with Gasteiger partial charge in [0.15, 0.2) is 5.92 Å². The highest BCUT2D eigenvalue weighted by atomic mass is 14.8. The van der Waals surface area contributed by atoms with Crippen molar-refractivity contribution in [2.45, 2.75) is 32.1 Å². The number of hydrogen-bond donors (Lipinski definition) is 1. The lowest BCUT2D eigenvalue weighted by Crippen LogP contribution is -2.10. The van der Waals surface area contributed by atoms with Crippen LogP contribution in [0.3, 0.4) is 0 Å². The number of pyridine rings is 1. The van der Waals surface area contributed by atoms with Crippen LogP contribution in [0.25, 0.3) is 0 Å². The van der Waals surface area contributed by atoms with Crippen LogP contribution >= 0.6 is 0 Å². The van der Waals surface area contributed by atoms with Gasteiger partial charge in [-0.1, -0.05) is 13.3 Å². The predicted molar refractivity (Wildman–Crippen MR) is 70.7 cm³/mol. The summed E-state index contributed by atoms with van der Waals surface area (Å²) in [6.45, 7) is 1.99. The minimum atomic E-state index is -1.17. The Morgan fingerprint density at radius 2 is 1.70 bits per heavy atom. The van der Waals surface area contributed by atoms with Gasteiger partial charge in [0.05, 0.1) is 34.8 Å². The number of rotatable bonds is 4. The van der Waals surface area contributed by atoms with Crippen LogP contribution in [0.4, 0.5) is 5.69 Å². The summed E-state index contributed by atoms with van der Waals surface area (Å²) in [4.78, 5) is 4.18. The Hall–Kier alpha value is -3.09. The molecule has 0 fully saturated rings. The van der Waals surface area contributed by atoms with Crippen LogP contribution in [0, 0.1) is 45.3 Å². The molecular weight excluding hydrogens is 252 g/mol. The smallest absolute Gasteiger partial charge is 0.176 e. The summed E-state index contributed by atoms with van der Waals surface area (Å²) in [6.07, 6.45) is 2.23. The van der Waals surface area contributed by atoms with Crippen molar-refractivity contribution >= 4 is 5.69 Å². The number of unbranched alkanes of at least 4 members (excludes halogenated alkanes) is 1. The van der Waals surface area contributed by atoms with Gasteiger partial charge < -0.3 is 5.73 Å². The number of hydrogen-bond acceptors (Lipinski definition) is 6.